The Bertz CT molecular complexity index is 950. The molecule has 4 heteroatoms. The van der Waals surface area contributed by atoms with Crippen LogP contribution in [0, 0.1) is 0 Å². The maximum Gasteiger partial charge on any atom is 0.320 e. The third kappa shape index (κ3) is 3.04. The van der Waals surface area contributed by atoms with Gasteiger partial charge in [0, 0.05) is 11.0 Å². The minimum atomic E-state index is -0.736. The molecule has 3 aromatic carbocycles. The number of hydrogen-bond acceptors (Lipinski definition) is 2. The van der Waals surface area contributed by atoms with Gasteiger partial charge in [0.15, 0.2) is 0 Å². The molecule has 2 unspecified atom stereocenters. The van der Waals surface area contributed by atoms with Crippen molar-refractivity contribution in [1.29, 1.82) is 0 Å². The van der Waals surface area contributed by atoms with Gasteiger partial charge in [-0.2, -0.15) is 0 Å². The maximum atomic E-state index is 11.9. The van der Waals surface area contributed by atoms with Gasteiger partial charge in [-0.15, -0.1) is 0 Å². The zero-order valence-corrected chi connectivity index (χ0v) is 15.9. The summed E-state index contributed by atoms with van der Waals surface area (Å²) in [6, 6.07) is 22.2. The molecule has 1 aliphatic heterocycles. The summed E-state index contributed by atoms with van der Waals surface area (Å²) < 4.78 is 1.01. The number of fused-ring (bicyclic) bond motifs is 1. The highest BCUT2D eigenvalue weighted by Crippen LogP contribution is 2.40. The topological polar surface area (TPSA) is 40.5 Å². The van der Waals surface area contributed by atoms with E-state index in [-0.39, 0.29) is 6.04 Å². The van der Waals surface area contributed by atoms with Crippen molar-refractivity contribution in [2.45, 2.75) is 24.9 Å². The van der Waals surface area contributed by atoms with Gasteiger partial charge in [-0.05, 0) is 40.8 Å². The van der Waals surface area contributed by atoms with Crippen LogP contribution in [0.4, 0.5) is 0 Å². The lowest BCUT2D eigenvalue weighted by Gasteiger charge is -2.33. The van der Waals surface area contributed by atoms with Crippen LogP contribution < -0.4 is 0 Å². The summed E-state index contributed by atoms with van der Waals surface area (Å²) in [5.74, 6) is -0.736. The van der Waals surface area contributed by atoms with Crippen LogP contribution >= 0.6 is 15.9 Å². The molecule has 1 N–H and O–H groups in total. The van der Waals surface area contributed by atoms with Crippen molar-refractivity contribution in [3.05, 3.63) is 82.3 Å². The molecule has 1 heterocycles. The van der Waals surface area contributed by atoms with Crippen molar-refractivity contribution < 1.29 is 9.90 Å². The van der Waals surface area contributed by atoms with E-state index < -0.39 is 12.0 Å². The third-order valence-corrected chi connectivity index (χ3v) is 5.95. The van der Waals surface area contributed by atoms with Crippen LogP contribution in [0.5, 0.6) is 0 Å². The lowest BCUT2D eigenvalue weighted by atomic mass is 9.92. The van der Waals surface area contributed by atoms with Crippen molar-refractivity contribution in [3.63, 3.8) is 0 Å². The van der Waals surface area contributed by atoms with Crippen LogP contribution in [0.25, 0.3) is 10.8 Å². The normalized spacial score (nSPS) is 18.9. The smallest absolute Gasteiger partial charge is 0.320 e. The first-order chi connectivity index (χ1) is 12.7. The van der Waals surface area contributed by atoms with E-state index in [9.17, 15) is 9.90 Å². The van der Waals surface area contributed by atoms with Crippen molar-refractivity contribution in [3.8, 4) is 0 Å². The Hall–Kier alpha value is -2.17. The second-order valence-electron chi connectivity index (χ2n) is 6.73. The Morgan fingerprint density at radius 3 is 2.50 bits per heavy atom. The molecule has 0 radical (unpaired) electrons. The van der Waals surface area contributed by atoms with Crippen molar-refractivity contribution in [2.24, 2.45) is 0 Å². The van der Waals surface area contributed by atoms with E-state index in [0.717, 1.165) is 28.6 Å². The summed E-state index contributed by atoms with van der Waals surface area (Å²) in [5, 5.41) is 12.1. The molecule has 1 fully saturated rings. The standard InChI is InChI=1S/C22H20BrNO2/c23-19-12-4-3-10-18(19)21(24-14-6-13-20(24)22(25)26)17-11-5-8-15-7-1-2-9-16(15)17/h1-5,7-12,20-21H,6,13-14H2,(H,25,26). The summed E-state index contributed by atoms with van der Waals surface area (Å²) >= 11 is 3.69. The number of nitrogens with zero attached hydrogens (tertiary/aromatic N) is 1. The van der Waals surface area contributed by atoms with Crippen molar-refractivity contribution in [1.82, 2.24) is 4.90 Å². The van der Waals surface area contributed by atoms with Crippen molar-refractivity contribution in [2.75, 3.05) is 6.54 Å². The van der Waals surface area contributed by atoms with Crippen LogP contribution in [-0.2, 0) is 4.79 Å². The average molecular weight is 410 g/mol. The van der Waals surface area contributed by atoms with Gasteiger partial charge in [-0.1, -0.05) is 76.6 Å². The molecule has 2 atom stereocenters. The van der Waals surface area contributed by atoms with Crippen LogP contribution in [0.3, 0.4) is 0 Å². The minimum absolute atomic E-state index is 0.0970. The first-order valence-electron chi connectivity index (χ1n) is 8.87. The van der Waals surface area contributed by atoms with E-state index in [1.807, 2.05) is 30.3 Å². The Labute approximate surface area is 161 Å². The van der Waals surface area contributed by atoms with E-state index in [0.29, 0.717) is 6.42 Å². The second kappa shape index (κ2) is 7.22. The fourth-order valence-electron chi connectivity index (χ4n) is 4.07. The van der Waals surface area contributed by atoms with Gasteiger partial charge in [0.2, 0.25) is 0 Å². The van der Waals surface area contributed by atoms with Gasteiger partial charge in [-0.25, -0.2) is 0 Å². The largest absolute Gasteiger partial charge is 0.480 e. The lowest BCUT2D eigenvalue weighted by molar-refractivity contribution is -0.142. The minimum Gasteiger partial charge on any atom is -0.480 e. The van der Waals surface area contributed by atoms with Crippen LogP contribution in [0.1, 0.15) is 30.0 Å². The quantitative estimate of drug-likeness (QED) is 0.640. The van der Waals surface area contributed by atoms with Crippen LogP contribution in [0.15, 0.2) is 71.2 Å². The van der Waals surface area contributed by atoms with Gasteiger partial charge in [0.05, 0.1) is 6.04 Å². The van der Waals surface area contributed by atoms with Crippen molar-refractivity contribution >= 4 is 32.7 Å². The Kier molecular flexibility index (Phi) is 4.79. The molecule has 3 nitrogen and oxygen atoms in total. The molecule has 26 heavy (non-hydrogen) atoms. The Morgan fingerprint density at radius 1 is 1.00 bits per heavy atom. The fourth-order valence-corrected chi connectivity index (χ4v) is 4.58. The molecular formula is C22H20BrNO2. The van der Waals surface area contributed by atoms with E-state index in [1.165, 1.54) is 10.8 Å². The molecule has 0 aliphatic carbocycles. The highest BCUT2D eigenvalue weighted by molar-refractivity contribution is 9.10. The molecule has 1 aliphatic rings. The van der Waals surface area contributed by atoms with Crippen LogP contribution in [-0.4, -0.2) is 28.6 Å². The molecule has 0 saturated carbocycles. The number of rotatable bonds is 4. The number of halogens is 1. The number of carbonyl (C=O) groups is 1. The summed E-state index contributed by atoms with van der Waals surface area (Å²) in [7, 11) is 0. The van der Waals surface area contributed by atoms with Crippen LogP contribution in [0.2, 0.25) is 0 Å². The molecule has 0 bridgehead atoms. The Morgan fingerprint density at radius 2 is 1.69 bits per heavy atom. The Balaban J connectivity index is 1.94. The number of carboxylic acids is 1. The first-order valence-corrected chi connectivity index (χ1v) is 9.67. The number of likely N-dealkylation sites (tertiary alicyclic amines) is 1. The third-order valence-electron chi connectivity index (χ3n) is 5.23. The first kappa shape index (κ1) is 17.3. The number of carboxylic acid groups (broad SMARTS) is 1. The molecule has 132 valence electrons. The zero-order valence-electron chi connectivity index (χ0n) is 14.3. The molecule has 0 spiro atoms. The maximum absolute atomic E-state index is 11.9. The fraction of sp³-hybridized carbons (Fsp3) is 0.227. The number of benzene rings is 3. The molecular weight excluding hydrogens is 390 g/mol. The van der Waals surface area contributed by atoms with Gasteiger partial charge in [0.25, 0.3) is 0 Å². The van der Waals surface area contributed by atoms with E-state index >= 15 is 0 Å². The summed E-state index contributed by atoms with van der Waals surface area (Å²) in [6.45, 7) is 0.784. The summed E-state index contributed by atoms with van der Waals surface area (Å²) in [6.07, 6.45) is 1.60. The second-order valence-corrected chi connectivity index (χ2v) is 7.58. The van der Waals surface area contributed by atoms with Gasteiger partial charge in [-0.3, -0.25) is 9.69 Å². The average Bonchev–Trinajstić information content (AvgIpc) is 3.13. The molecule has 3 aromatic rings. The van der Waals surface area contributed by atoms with E-state index in [1.54, 1.807) is 0 Å². The summed E-state index contributed by atoms with van der Waals surface area (Å²) in [5.41, 5.74) is 2.26. The predicted molar refractivity (Wildman–Crippen MR) is 107 cm³/mol. The monoisotopic (exact) mass is 409 g/mol. The molecule has 1 saturated heterocycles. The van der Waals surface area contributed by atoms with E-state index in [2.05, 4.69) is 57.2 Å². The lowest BCUT2D eigenvalue weighted by Crippen LogP contribution is -2.39. The zero-order chi connectivity index (χ0) is 18.1. The molecule has 0 amide bonds. The number of hydrogen-bond donors (Lipinski definition) is 1. The van der Waals surface area contributed by atoms with Gasteiger partial charge < -0.3 is 5.11 Å². The SMILES string of the molecule is O=C(O)C1CCCN1C(c1ccccc1Br)c1cccc2ccccc12. The number of aliphatic carboxylic acids is 1. The highest BCUT2D eigenvalue weighted by atomic mass is 79.9. The molecule has 0 aromatic heterocycles. The summed E-state index contributed by atoms with van der Waals surface area (Å²) in [4.78, 5) is 14.0. The molecule has 4 rings (SSSR count). The van der Waals surface area contributed by atoms with Gasteiger partial charge in [0.1, 0.15) is 6.04 Å². The van der Waals surface area contributed by atoms with E-state index in [4.69, 9.17) is 0 Å². The predicted octanol–water partition coefficient (Wildman–Crippen LogP) is 5.24. The van der Waals surface area contributed by atoms with Gasteiger partial charge >= 0.3 is 5.97 Å². The highest BCUT2D eigenvalue weighted by Gasteiger charge is 2.37.